The van der Waals surface area contributed by atoms with Gasteiger partial charge < -0.3 is 9.64 Å². The molecule has 1 unspecified atom stereocenters. The molecule has 2 aromatic rings. The van der Waals surface area contributed by atoms with Crippen molar-refractivity contribution < 1.29 is 17.9 Å². The van der Waals surface area contributed by atoms with Gasteiger partial charge in [0.2, 0.25) is 5.95 Å². The van der Waals surface area contributed by atoms with Crippen LogP contribution in [0.2, 0.25) is 0 Å². The predicted molar refractivity (Wildman–Crippen MR) is 94.2 cm³/mol. The molecule has 27 heavy (non-hydrogen) atoms. The van der Waals surface area contributed by atoms with Gasteiger partial charge in [-0.2, -0.15) is 0 Å². The normalized spacial score (nSPS) is 25.9. The predicted octanol–water partition coefficient (Wildman–Crippen LogP) is 3.01. The maximum Gasteiger partial charge on any atom is 0.225 e. The third-order valence-electron chi connectivity index (χ3n) is 5.37. The summed E-state index contributed by atoms with van der Waals surface area (Å²) in [4.78, 5) is 12.6. The Morgan fingerprint density at radius 2 is 1.67 bits per heavy atom. The third-order valence-corrected chi connectivity index (χ3v) is 5.37. The van der Waals surface area contributed by atoms with Gasteiger partial charge in [0.1, 0.15) is 23.5 Å². The number of benzene rings is 1. The van der Waals surface area contributed by atoms with Crippen molar-refractivity contribution in [3.8, 4) is 5.75 Å². The van der Waals surface area contributed by atoms with Crippen LogP contribution in [0.15, 0.2) is 30.6 Å². The Labute approximate surface area is 155 Å². The molecule has 1 aromatic heterocycles. The fourth-order valence-corrected chi connectivity index (χ4v) is 4.10. The number of halogens is 3. The SMILES string of the molecule is CC1[C@@H]2CC[C@@H](Oc3cc(F)cc(F)c3)CN2CCN1c1ncc(F)cn1. The fraction of sp³-hybridized carbons (Fsp3) is 0.474. The van der Waals surface area contributed by atoms with Gasteiger partial charge in [0.25, 0.3) is 0 Å². The molecule has 144 valence electrons. The summed E-state index contributed by atoms with van der Waals surface area (Å²) < 4.78 is 45.6. The number of piperazine rings is 1. The molecule has 2 saturated heterocycles. The molecule has 3 atom stereocenters. The minimum Gasteiger partial charge on any atom is -0.489 e. The molecule has 2 aliphatic heterocycles. The van der Waals surface area contributed by atoms with E-state index in [1.165, 1.54) is 24.5 Å². The van der Waals surface area contributed by atoms with E-state index in [1.807, 2.05) is 0 Å². The number of hydrogen-bond donors (Lipinski definition) is 0. The lowest BCUT2D eigenvalue weighted by Crippen LogP contribution is -2.62. The Bertz CT molecular complexity index is 784. The number of hydrogen-bond acceptors (Lipinski definition) is 5. The van der Waals surface area contributed by atoms with Crippen molar-refractivity contribution in [3.63, 3.8) is 0 Å². The fourth-order valence-electron chi connectivity index (χ4n) is 4.10. The summed E-state index contributed by atoms with van der Waals surface area (Å²) in [6, 6.07) is 3.74. The Kier molecular flexibility index (Phi) is 4.90. The molecule has 0 amide bonds. The topological polar surface area (TPSA) is 41.5 Å². The zero-order chi connectivity index (χ0) is 19.0. The maximum absolute atomic E-state index is 13.4. The van der Waals surface area contributed by atoms with Crippen molar-refractivity contribution >= 4 is 5.95 Å². The molecule has 0 aliphatic carbocycles. The van der Waals surface area contributed by atoms with Crippen LogP contribution in [-0.4, -0.2) is 52.7 Å². The molecule has 0 radical (unpaired) electrons. The molecule has 0 spiro atoms. The lowest BCUT2D eigenvalue weighted by Gasteiger charge is -2.50. The van der Waals surface area contributed by atoms with Gasteiger partial charge in [-0.05, 0) is 19.8 Å². The first-order chi connectivity index (χ1) is 13.0. The van der Waals surface area contributed by atoms with Gasteiger partial charge >= 0.3 is 0 Å². The number of rotatable bonds is 3. The van der Waals surface area contributed by atoms with Crippen LogP contribution in [0.4, 0.5) is 19.1 Å². The van der Waals surface area contributed by atoms with E-state index < -0.39 is 17.5 Å². The molecular weight excluding hydrogens is 357 g/mol. The Morgan fingerprint density at radius 3 is 2.37 bits per heavy atom. The summed E-state index contributed by atoms with van der Waals surface area (Å²) in [6.07, 6.45) is 3.95. The zero-order valence-electron chi connectivity index (χ0n) is 15.0. The van der Waals surface area contributed by atoms with E-state index in [2.05, 4.69) is 26.7 Å². The molecule has 1 aromatic carbocycles. The van der Waals surface area contributed by atoms with Gasteiger partial charge in [-0.25, -0.2) is 23.1 Å². The van der Waals surface area contributed by atoms with E-state index in [0.29, 0.717) is 18.5 Å². The van der Waals surface area contributed by atoms with Crippen LogP contribution in [0, 0.1) is 17.5 Å². The van der Waals surface area contributed by atoms with Crippen molar-refractivity contribution in [1.82, 2.24) is 14.9 Å². The van der Waals surface area contributed by atoms with Crippen LogP contribution in [0.3, 0.4) is 0 Å². The summed E-state index contributed by atoms with van der Waals surface area (Å²) in [7, 11) is 0. The van der Waals surface area contributed by atoms with E-state index in [0.717, 1.165) is 32.0 Å². The lowest BCUT2D eigenvalue weighted by molar-refractivity contribution is 0.0284. The summed E-state index contributed by atoms with van der Waals surface area (Å²) in [6.45, 7) is 4.34. The second kappa shape index (κ2) is 7.34. The molecule has 0 saturated carbocycles. The van der Waals surface area contributed by atoms with Crippen molar-refractivity contribution in [3.05, 3.63) is 48.0 Å². The maximum atomic E-state index is 13.4. The molecule has 3 heterocycles. The number of piperidine rings is 1. The largest absolute Gasteiger partial charge is 0.489 e. The molecule has 0 N–H and O–H groups in total. The highest BCUT2D eigenvalue weighted by Gasteiger charge is 2.39. The minimum absolute atomic E-state index is 0.108. The second-order valence-corrected chi connectivity index (χ2v) is 7.12. The van der Waals surface area contributed by atoms with E-state index in [9.17, 15) is 13.2 Å². The number of anilines is 1. The lowest BCUT2D eigenvalue weighted by atomic mass is 9.92. The van der Waals surface area contributed by atoms with Gasteiger partial charge in [-0.1, -0.05) is 0 Å². The van der Waals surface area contributed by atoms with Gasteiger partial charge in [-0.15, -0.1) is 0 Å². The summed E-state index contributed by atoms with van der Waals surface area (Å²) in [5.74, 6) is -0.962. The molecule has 4 rings (SSSR count). The molecule has 8 heteroatoms. The molecule has 2 fully saturated rings. The van der Waals surface area contributed by atoms with Crippen molar-refractivity contribution in [1.29, 1.82) is 0 Å². The first-order valence-corrected chi connectivity index (χ1v) is 9.10. The van der Waals surface area contributed by atoms with Crippen LogP contribution in [0.1, 0.15) is 19.8 Å². The van der Waals surface area contributed by atoms with Gasteiger partial charge in [0.15, 0.2) is 5.82 Å². The number of nitrogens with zero attached hydrogens (tertiary/aromatic N) is 4. The van der Waals surface area contributed by atoms with Gasteiger partial charge in [0.05, 0.1) is 12.4 Å². The van der Waals surface area contributed by atoms with E-state index >= 15 is 0 Å². The number of fused-ring (bicyclic) bond motifs is 1. The van der Waals surface area contributed by atoms with Crippen molar-refractivity contribution in [2.24, 2.45) is 0 Å². The van der Waals surface area contributed by atoms with E-state index in [-0.39, 0.29) is 17.9 Å². The Morgan fingerprint density at radius 1 is 0.963 bits per heavy atom. The third kappa shape index (κ3) is 3.85. The molecule has 2 aliphatic rings. The highest BCUT2D eigenvalue weighted by molar-refractivity contribution is 5.33. The number of aromatic nitrogens is 2. The molecule has 5 nitrogen and oxygen atoms in total. The molecule has 0 bridgehead atoms. The van der Waals surface area contributed by atoms with Gasteiger partial charge in [0, 0.05) is 49.9 Å². The minimum atomic E-state index is -0.639. The van der Waals surface area contributed by atoms with Crippen LogP contribution in [0.25, 0.3) is 0 Å². The quantitative estimate of drug-likeness (QED) is 0.821. The first kappa shape index (κ1) is 18.0. The molecular formula is C19H21F3N4O. The van der Waals surface area contributed by atoms with Crippen molar-refractivity contribution in [2.45, 2.75) is 38.0 Å². The summed E-state index contributed by atoms with van der Waals surface area (Å²) in [5, 5.41) is 0. The zero-order valence-corrected chi connectivity index (χ0v) is 15.0. The standard InChI is InChI=1S/C19H21F3N4O/c1-12-18-3-2-16(27-17-7-13(20)6-14(21)8-17)11-25(18)4-5-26(12)19-23-9-15(22)10-24-19/h6-10,12,16,18H,2-5,11H2,1H3/t12?,16-,18+/m1/s1. The van der Waals surface area contributed by atoms with Crippen molar-refractivity contribution in [2.75, 3.05) is 24.5 Å². The summed E-state index contributed by atoms with van der Waals surface area (Å²) >= 11 is 0. The average molecular weight is 378 g/mol. The van der Waals surface area contributed by atoms with Gasteiger partial charge in [-0.3, -0.25) is 4.90 Å². The smallest absolute Gasteiger partial charge is 0.225 e. The average Bonchev–Trinajstić information content (AvgIpc) is 2.62. The first-order valence-electron chi connectivity index (χ1n) is 9.10. The number of ether oxygens (including phenoxy) is 1. The summed E-state index contributed by atoms with van der Waals surface area (Å²) in [5.41, 5.74) is 0. The highest BCUT2D eigenvalue weighted by atomic mass is 19.1. The highest BCUT2D eigenvalue weighted by Crippen LogP contribution is 2.30. The van der Waals surface area contributed by atoms with E-state index in [1.54, 1.807) is 0 Å². The van der Waals surface area contributed by atoms with Crippen LogP contribution >= 0.6 is 0 Å². The Hall–Kier alpha value is -2.35. The van der Waals surface area contributed by atoms with Crippen LogP contribution in [0.5, 0.6) is 5.75 Å². The second-order valence-electron chi connectivity index (χ2n) is 7.12. The monoisotopic (exact) mass is 378 g/mol. The van der Waals surface area contributed by atoms with E-state index in [4.69, 9.17) is 4.74 Å². The van der Waals surface area contributed by atoms with Crippen LogP contribution in [-0.2, 0) is 0 Å². The van der Waals surface area contributed by atoms with Crippen LogP contribution < -0.4 is 9.64 Å². The Balaban J connectivity index is 1.41.